The lowest BCUT2D eigenvalue weighted by Crippen LogP contribution is -2.12. The summed E-state index contributed by atoms with van der Waals surface area (Å²) in [5, 5.41) is 10.9. The zero-order valence-electron chi connectivity index (χ0n) is 13.3. The molecule has 2 aromatic carbocycles. The third-order valence-corrected chi connectivity index (χ3v) is 4.33. The van der Waals surface area contributed by atoms with Crippen molar-refractivity contribution in [1.82, 2.24) is 10.2 Å². The van der Waals surface area contributed by atoms with Crippen molar-refractivity contribution in [3.05, 3.63) is 53.1 Å². The molecule has 0 atom stereocenters. The number of benzene rings is 2. The summed E-state index contributed by atoms with van der Waals surface area (Å²) in [6.45, 7) is 0. The lowest BCUT2D eigenvalue weighted by atomic mass is 10.3. The lowest BCUT2D eigenvalue weighted by Gasteiger charge is -2.04. The first-order valence-electron chi connectivity index (χ1n) is 7.71. The van der Waals surface area contributed by atoms with Crippen LogP contribution in [0.15, 0.2) is 53.1 Å². The minimum atomic E-state index is 0.134. The maximum Gasteiger partial charge on any atom is 0.227 e. The molecular formula is C18H18BrN3O2. The average Bonchev–Trinajstić information content (AvgIpc) is 3.41. The second kappa shape index (κ2) is 7.49. The van der Waals surface area contributed by atoms with Gasteiger partial charge in [-0.1, -0.05) is 18.2 Å². The molecule has 3 aromatic rings. The largest absolute Gasteiger partial charge is 0.497 e. The van der Waals surface area contributed by atoms with Crippen molar-refractivity contribution in [3.63, 3.8) is 0 Å². The predicted octanol–water partition coefficient (Wildman–Crippen LogP) is 4.37. The van der Waals surface area contributed by atoms with Gasteiger partial charge < -0.3 is 10.1 Å². The highest BCUT2D eigenvalue weighted by atomic mass is 79.9. The van der Waals surface area contributed by atoms with Gasteiger partial charge in [0, 0.05) is 17.0 Å². The number of anilines is 1. The molecule has 0 saturated heterocycles. The number of carbonyl (C=O) groups excluding carboxylic acids is 1. The van der Waals surface area contributed by atoms with Gasteiger partial charge >= 0.3 is 0 Å². The fraction of sp³-hybridized carbons (Fsp3) is 0.222. The van der Waals surface area contributed by atoms with Crippen LogP contribution in [0.3, 0.4) is 0 Å². The van der Waals surface area contributed by atoms with Crippen LogP contribution in [0.2, 0.25) is 0 Å². The number of aromatic nitrogens is 2. The number of nitrogens with zero attached hydrogens (tertiary/aromatic N) is 1. The summed E-state index contributed by atoms with van der Waals surface area (Å²) in [5.41, 5.74) is 1.83. The van der Waals surface area contributed by atoms with Gasteiger partial charge in [-0.05, 0) is 59.1 Å². The first-order chi connectivity index (χ1) is 11.7. The Bertz CT molecular complexity index is 826. The quantitative estimate of drug-likeness (QED) is 0.700. The van der Waals surface area contributed by atoms with Gasteiger partial charge in [-0.25, -0.2) is 0 Å². The van der Waals surface area contributed by atoms with E-state index in [2.05, 4.69) is 31.4 Å². The molecule has 1 amide bonds. The number of hydrogen-bond donors (Lipinski definition) is 2. The van der Waals surface area contributed by atoms with Crippen LogP contribution in [0.25, 0.3) is 10.9 Å². The number of para-hydroxylation sites is 1. The third-order valence-electron chi connectivity index (χ3n) is 3.72. The molecule has 0 radical (unpaired) electrons. The number of nitrogens with one attached hydrogen (secondary N) is 2. The van der Waals surface area contributed by atoms with E-state index in [9.17, 15) is 4.79 Å². The number of H-pyrrole nitrogens is 1. The molecule has 0 aliphatic heterocycles. The van der Waals surface area contributed by atoms with Crippen molar-refractivity contribution in [2.75, 3.05) is 12.4 Å². The van der Waals surface area contributed by atoms with Gasteiger partial charge in [-0.2, -0.15) is 5.10 Å². The van der Waals surface area contributed by atoms with Gasteiger partial charge in [-0.15, -0.1) is 0 Å². The zero-order valence-corrected chi connectivity index (χ0v) is 14.8. The monoisotopic (exact) mass is 387 g/mol. The molecular weight excluding hydrogens is 370 g/mol. The van der Waals surface area contributed by atoms with E-state index in [0.717, 1.165) is 39.8 Å². The van der Waals surface area contributed by atoms with Crippen LogP contribution in [0, 0.1) is 5.92 Å². The van der Waals surface area contributed by atoms with E-state index in [1.807, 2.05) is 48.5 Å². The molecule has 4 rings (SSSR count). The zero-order chi connectivity index (χ0) is 16.9. The Balaban J connectivity index is 0.000000149. The van der Waals surface area contributed by atoms with Crippen molar-refractivity contribution >= 4 is 38.4 Å². The minimum absolute atomic E-state index is 0.134. The molecule has 24 heavy (non-hydrogen) atoms. The fourth-order valence-electron chi connectivity index (χ4n) is 2.19. The van der Waals surface area contributed by atoms with Crippen molar-refractivity contribution in [2.24, 2.45) is 5.92 Å². The molecule has 0 bridgehead atoms. The summed E-state index contributed by atoms with van der Waals surface area (Å²) in [5.74, 6) is 1.18. The molecule has 1 fully saturated rings. The van der Waals surface area contributed by atoms with Gasteiger partial charge in [0.05, 0.1) is 12.6 Å². The lowest BCUT2D eigenvalue weighted by molar-refractivity contribution is -0.117. The Labute approximate surface area is 148 Å². The number of halogens is 1. The highest BCUT2D eigenvalue weighted by molar-refractivity contribution is 9.10. The number of aromatic amines is 1. The maximum absolute atomic E-state index is 11.4. The smallest absolute Gasteiger partial charge is 0.227 e. The number of hydrogen-bond acceptors (Lipinski definition) is 3. The first kappa shape index (κ1) is 16.5. The van der Waals surface area contributed by atoms with Crippen LogP contribution in [-0.4, -0.2) is 23.2 Å². The van der Waals surface area contributed by atoms with Crippen molar-refractivity contribution in [2.45, 2.75) is 12.8 Å². The van der Waals surface area contributed by atoms with Crippen molar-refractivity contribution in [1.29, 1.82) is 0 Å². The highest BCUT2D eigenvalue weighted by Crippen LogP contribution is 2.30. The summed E-state index contributed by atoms with van der Waals surface area (Å²) in [7, 11) is 1.62. The van der Waals surface area contributed by atoms with Gasteiger partial charge in [-0.3, -0.25) is 9.89 Å². The summed E-state index contributed by atoms with van der Waals surface area (Å²) in [6, 6.07) is 15.3. The number of amides is 1. The van der Waals surface area contributed by atoms with Crippen LogP contribution in [-0.2, 0) is 4.79 Å². The molecule has 1 saturated carbocycles. The second-order valence-corrected chi connectivity index (χ2v) is 6.34. The molecule has 0 unspecified atom stereocenters. The molecule has 0 spiro atoms. The Morgan fingerprint density at radius 1 is 1.21 bits per heavy atom. The van der Waals surface area contributed by atoms with Crippen LogP contribution in [0.4, 0.5) is 5.69 Å². The molecule has 2 N–H and O–H groups in total. The van der Waals surface area contributed by atoms with Gasteiger partial charge in [0.1, 0.15) is 10.4 Å². The standard InChI is InChI=1S/C11H13NO2.C7H5BrN2/c1-14-10-6-4-9(5-7-10)12-11(13)8-2-3-8;8-7-5-3-1-2-4-6(5)9-10-7/h4-8H,2-3H2,1H3,(H,12,13);1-4H,(H,9,10). The molecule has 1 aromatic heterocycles. The molecule has 1 heterocycles. The number of fused-ring (bicyclic) bond motifs is 1. The SMILES string of the molecule is Brc1[nH]nc2ccccc12.COc1ccc(NC(=O)C2CC2)cc1. The Hall–Kier alpha value is -2.34. The minimum Gasteiger partial charge on any atom is -0.497 e. The van der Waals surface area contributed by atoms with Gasteiger partial charge in [0.25, 0.3) is 0 Å². The second-order valence-electron chi connectivity index (χ2n) is 5.55. The van der Waals surface area contributed by atoms with Crippen molar-refractivity contribution < 1.29 is 9.53 Å². The topological polar surface area (TPSA) is 67.0 Å². The van der Waals surface area contributed by atoms with E-state index in [1.54, 1.807) is 7.11 Å². The van der Waals surface area contributed by atoms with E-state index in [4.69, 9.17) is 4.74 Å². The van der Waals surface area contributed by atoms with E-state index < -0.39 is 0 Å². The van der Waals surface area contributed by atoms with Crippen LogP contribution in [0.5, 0.6) is 5.75 Å². The molecule has 1 aliphatic rings. The maximum atomic E-state index is 11.4. The Morgan fingerprint density at radius 3 is 2.54 bits per heavy atom. The predicted molar refractivity (Wildman–Crippen MR) is 98.1 cm³/mol. The summed E-state index contributed by atoms with van der Waals surface area (Å²) < 4.78 is 5.97. The van der Waals surface area contributed by atoms with E-state index >= 15 is 0 Å². The summed E-state index contributed by atoms with van der Waals surface area (Å²) in [4.78, 5) is 11.4. The van der Waals surface area contributed by atoms with Gasteiger partial charge in [0.2, 0.25) is 5.91 Å². The van der Waals surface area contributed by atoms with E-state index in [0.29, 0.717) is 0 Å². The van der Waals surface area contributed by atoms with E-state index in [-0.39, 0.29) is 11.8 Å². The normalized spacial score (nSPS) is 13.1. The summed E-state index contributed by atoms with van der Waals surface area (Å²) in [6.07, 6.45) is 2.06. The van der Waals surface area contributed by atoms with Crippen LogP contribution in [0.1, 0.15) is 12.8 Å². The third kappa shape index (κ3) is 4.14. The van der Waals surface area contributed by atoms with Crippen LogP contribution < -0.4 is 10.1 Å². The van der Waals surface area contributed by atoms with E-state index in [1.165, 1.54) is 0 Å². The number of ether oxygens (including phenoxy) is 1. The molecule has 5 nitrogen and oxygen atoms in total. The molecule has 6 heteroatoms. The molecule has 1 aliphatic carbocycles. The van der Waals surface area contributed by atoms with Gasteiger partial charge in [0.15, 0.2) is 0 Å². The van der Waals surface area contributed by atoms with Crippen molar-refractivity contribution in [3.8, 4) is 5.75 Å². The number of rotatable bonds is 3. The first-order valence-corrected chi connectivity index (χ1v) is 8.50. The number of methoxy groups -OCH3 is 1. The Morgan fingerprint density at radius 2 is 1.92 bits per heavy atom. The molecule has 124 valence electrons. The fourth-order valence-corrected chi connectivity index (χ4v) is 2.61. The highest BCUT2D eigenvalue weighted by Gasteiger charge is 2.29. The summed E-state index contributed by atoms with van der Waals surface area (Å²) >= 11 is 3.35. The number of carbonyl (C=O) groups is 1. The van der Waals surface area contributed by atoms with Crippen LogP contribution >= 0.6 is 15.9 Å². The average molecular weight is 388 g/mol. The Kier molecular flexibility index (Phi) is 5.15.